The van der Waals surface area contributed by atoms with Crippen LogP contribution in [0.25, 0.3) is 0 Å². The summed E-state index contributed by atoms with van der Waals surface area (Å²) in [5, 5.41) is 0. The van der Waals surface area contributed by atoms with Crippen LogP contribution in [-0.4, -0.2) is 25.2 Å². The molecule has 0 radical (unpaired) electrons. The Balaban J connectivity index is 1.80. The summed E-state index contributed by atoms with van der Waals surface area (Å²) >= 11 is 0. The predicted octanol–water partition coefficient (Wildman–Crippen LogP) is 2.71. The first-order valence-electron chi connectivity index (χ1n) is 7.25. The van der Waals surface area contributed by atoms with Crippen molar-refractivity contribution in [2.24, 2.45) is 0 Å². The molecule has 0 bridgehead atoms. The molecule has 102 valence electrons. The van der Waals surface area contributed by atoms with Gasteiger partial charge in [-0.3, -0.25) is 4.79 Å². The second-order valence-electron chi connectivity index (χ2n) is 5.58. The van der Waals surface area contributed by atoms with Crippen LogP contribution in [0.1, 0.15) is 37.3 Å². The van der Waals surface area contributed by atoms with E-state index in [1.165, 1.54) is 24.0 Å². The average Bonchev–Trinajstić information content (AvgIpc) is 2.90. The lowest BCUT2D eigenvalue weighted by Gasteiger charge is -2.29. The quantitative estimate of drug-likeness (QED) is 0.817. The molecule has 0 spiro atoms. The van der Waals surface area contributed by atoms with E-state index < -0.39 is 0 Å². The van der Waals surface area contributed by atoms with Gasteiger partial charge in [0, 0.05) is 25.8 Å². The highest BCUT2D eigenvalue weighted by atomic mass is 16.5. The Hall–Kier alpha value is -1.35. The molecule has 3 nitrogen and oxygen atoms in total. The van der Waals surface area contributed by atoms with Crippen LogP contribution in [0.4, 0.5) is 5.69 Å². The Morgan fingerprint density at radius 3 is 3.05 bits per heavy atom. The maximum atomic E-state index is 11.6. The van der Waals surface area contributed by atoms with Gasteiger partial charge in [0.25, 0.3) is 0 Å². The summed E-state index contributed by atoms with van der Waals surface area (Å²) < 4.78 is 5.70. The molecular formula is C16H21NO2. The van der Waals surface area contributed by atoms with Gasteiger partial charge in [-0.15, -0.1) is 0 Å². The maximum Gasteiger partial charge on any atom is 0.223 e. The van der Waals surface area contributed by atoms with Crippen LogP contribution in [0.2, 0.25) is 0 Å². The van der Waals surface area contributed by atoms with Crippen LogP contribution < -0.4 is 4.90 Å². The van der Waals surface area contributed by atoms with Crippen LogP contribution in [0.15, 0.2) is 18.2 Å². The number of nitrogens with zero attached hydrogens (tertiary/aromatic N) is 1. The Kier molecular flexibility index (Phi) is 3.56. The highest BCUT2D eigenvalue weighted by molar-refractivity contribution is 5.92. The van der Waals surface area contributed by atoms with E-state index in [0.29, 0.717) is 6.10 Å². The van der Waals surface area contributed by atoms with E-state index in [1.807, 2.05) is 4.90 Å². The lowest BCUT2D eigenvalue weighted by atomic mass is 9.96. The Morgan fingerprint density at radius 1 is 1.42 bits per heavy atom. The van der Waals surface area contributed by atoms with Gasteiger partial charge in [-0.1, -0.05) is 12.1 Å². The zero-order valence-electron chi connectivity index (χ0n) is 11.5. The Morgan fingerprint density at radius 2 is 2.32 bits per heavy atom. The average molecular weight is 259 g/mol. The fourth-order valence-electron chi connectivity index (χ4n) is 3.17. The number of aryl methyl sites for hydroxylation is 1. The molecule has 1 amide bonds. The molecule has 3 rings (SSSR count). The molecule has 1 aromatic rings. The van der Waals surface area contributed by atoms with E-state index in [2.05, 4.69) is 18.2 Å². The minimum absolute atomic E-state index is 0.146. The molecule has 2 aliphatic heterocycles. The van der Waals surface area contributed by atoms with Gasteiger partial charge in [-0.2, -0.15) is 0 Å². The molecule has 19 heavy (non-hydrogen) atoms. The van der Waals surface area contributed by atoms with Crippen LogP contribution in [0.3, 0.4) is 0 Å². The van der Waals surface area contributed by atoms with Crippen molar-refractivity contribution in [3.63, 3.8) is 0 Å². The van der Waals surface area contributed by atoms with Gasteiger partial charge in [0.1, 0.15) is 0 Å². The summed E-state index contributed by atoms with van der Waals surface area (Å²) in [5.41, 5.74) is 3.77. The van der Waals surface area contributed by atoms with Crippen molar-refractivity contribution in [2.75, 3.05) is 18.1 Å². The minimum atomic E-state index is 0.146. The number of ether oxygens (including phenoxy) is 1. The third-order valence-electron chi connectivity index (χ3n) is 4.13. The number of carbonyl (C=O) groups is 1. The molecule has 3 heteroatoms. The first kappa shape index (κ1) is 12.7. The first-order chi connectivity index (χ1) is 9.24. The maximum absolute atomic E-state index is 11.6. The summed E-state index contributed by atoms with van der Waals surface area (Å²) in [6.07, 6.45) is 5.91. The van der Waals surface area contributed by atoms with Crippen molar-refractivity contribution in [3.8, 4) is 0 Å². The number of benzene rings is 1. The van der Waals surface area contributed by atoms with Gasteiger partial charge in [0.15, 0.2) is 0 Å². The predicted molar refractivity (Wildman–Crippen MR) is 75.5 cm³/mol. The molecule has 0 saturated carbocycles. The SMILES string of the molecule is CC(=O)N1CCCc2cc(C[C@@H]3CCCO3)ccc21. The van der Waals surface area contributed by atoms with Gasteiger partial charge in [0.2, 0.25) is 5.91 Å². The molecule has 0 unspecified atom stereocenters. The number of carbonyl (C=O) groups excluding carboxylic acids is 1. The Bertz CT molecular complexity index is 478. The molecule has 0 aromatic heterocycles. The standard InChI is InChI=1S/C16H21NO2/c1-12(18)17-8-2-4-14-10-13(6-7-16(14)17)11-15-5-3-9-19-15/h6-7,10,15H,2-5,8-9,11H2,1H3/t15-/m0/s1. The molecule has 1 aromatic carbocycles. The van der Waals surface area contributed by atoms with Crippen LogP contribution in [-0.2, 0) is 22.4 Å². The minimum Gasteiger partial charge on any atom is -0.378 e. The molecule has 0 N–H and O–H groups in total. The number of hydrogen-bond donors (Lipinski definition) is 0. The molecule has 1 atom stereocenters. The highest BCUT2D eigenvalue weighted by Gasteiger charge is 2.21. The monoisotopic (exact) mass is 259 g/mol. The van der Waals surface area contributed by atoms with Crippen molar-refractivity contribution in [2.45, 2.75) is 45.1 Å². The molecule has 0 aliphatic carbocycles. The molecule has 2 heterocycles. The van der Waals surface area contributed by atoms with Gasteiger partial charge in [-0.05, 0) is 49.3 Å². The smallest absolute Gasteiger partial charge is 0.223 e. The van der Waals surface area contributed by atoms with Crippen LogP contribution in [0, 0.1) is 0 Å². The van der Waals surface area contributed by atoms with Crippen molar-refractivity contribution in [1.82, 2.24) is 0 Å². The van der Waals surface area contributed by atoms with Gasteiger partial charge in [-0.25, -0.2) is 0 Å². The van der Waals surface area contributed by atoms with Crippen molar-refractivity contribution < 1.29 is 9.53 Å². The number of fused-ring (bicyclic) bond motifs is 1. The summed E-state index contributed by atoms with van der Waals surface area (Å²) in [6, 6.07) is 6.54. The second kappa shape index (κ2) is 5.33. The van der Waals surface area contributed by atoms with E-state index in [0.717, 1.165) is 38.1 Å². The Labute approximate surface area is 114 Å². The third-order valence-corrected chi connectivity index (χ3v) is 4.13. The van der Waals surface area contributed by atoms with E-state index in [-0.39, 0.29) is 5.91 Å². The normalized spacial score (nSPS) is 22.4. The zero-order chi connectivity index (χ0) is 13.2. The fourth-order valence-corrected chi connectivity index (χ4v) is 3.17. The van der Waals surface area contributed by atoms with Gasteiger partial charge < -0.3 is 9.64 Å². The number of hydrogen-bond acceptors (Lipinski definition) is 2. The van der Waals surface area contributed by atoms with Crippen LogP contribution >= 0.6 is 0 Å². The van der Waals surface area contributed by atoms with Gasteiger partial charge >= 0.3 is 0 Å². The first-order valence-corrected chi connectivity index (χ1v) is 7.25. The number of rotatable bonds is 2. The molecule has 1 saturated heterocycles. The second-order valence-corrected chi connectivity index (χ2v) is 5.58. The van der Waals surface area contributed by atoms with Crippen molar-refractivity contribution in [1.29, 1.82) is 0 Å². The van der Waals surface area contributed by atoms with Crippen molar-refractivity contribution >= 4 is 11.6 Å². The molecule has 1 fully saturated rings. The van der Waals surface area contributed by atoms with E-state index in [4.69, 9.17) is 4.74 Å². The van der Waals surface area contributed by atoms with Crippen LogP contribution in [0.5, 0.6) is 0 Å². The summed E-state index contributed by atoms with van der Waals surface area (Å²) in [6.45, 7) is 3.41. The third kappa shape index (κ3) is 2.66. The largest absolute Gasteiger partial charge is 0.378 e. The van der Waals surface area contributed by atoms with E-state index in [1.54, 1.807) is 6.92 Å². The summed E-state index contributed by atoms with van der Waals surface area (Å²) in [7, 11) is 0. The van der Waals surface area contributed by atoms with E-state index >= 15 is 0 Å². The molecule has 2 aliphatic rings. The molecular weight excluding hydrogens is 238 g/mol. The zero-order valence-corrected chi connectivity index (χ0v) is 11.5. The topological polar surface area (TPSA) is 29.5 Å². The lowest BCUT2D eigenvalue weighted by Crippen LogP contribution is -2.33. The fraction of sp³-hybridized carbons (Fsp3) is 0.562. The highest BCUT2D eigenvalue weighted by Crippen LogP contribution is 2.29. The van der Waals surface area contributed by atoms with Gasteiger partial charge in [0.05, 0.1) is 6.10 Å². The number of amides is 1. The van der Waals surface area contributed by atoms with E-state index in [9.17, 15) is 4.79 Å². The summed E-state index contributed by atoms with van der Waals surface area (Å²) in [5.74, 6) is 0.146. The summed E-state index contributed by atoms with van der Waals surface area (Å²) in [4.78, 5) is 13.5. The number of anilines is 1. The lowest BCUT2D eigenvalue weighted by molar-refractivity contribution is -0.116. The van der Waals surface area contributed by atoms with Crippen molar-refractivity contribution in [3.05, 3.63) is 29.3 Å².